The van der Waals surface area contributed by atoms with Gasteiger partial charge >= 0.3 is 5.97 Å². The van der Waals surface area contributed by atoms with E-state index in [-0.39, 0.29) is 12.5 Å². The number of aliphatic carboxylic acids is 1. The third kappa shape index (κ3) is 2.65. The van der Waals surface area contributed by atoms with Crippen molar-refractivity contribution in [1.82, 2.24) is 0 Å². The van der Waals surface area contributed by atoms with Gasteiger partial charge < -0.3 is 14.8 Å². The number of hydrogen-bond acceptors (Lipinski definition) is 3. The molecule has 12 heavy (non-hydrogen) atoms. The number of carbonyl (C=O) groups is 1. The number of carboxylic acids is 1. The predicted octanol–water partition coefficient (Wildman–Crippen LogP) is 1.55. The van der Waals surface area contributed by atoms with Crippen molar-refractivity contribution in [3.05, 3.63) is 18.4 Å². The number of rotatable bonds is 4. The predicted molar refractivity (Wildman–Crippen MR) is 44.0 cm³/mol. The monoisotopic (exact) mass is 169 g/mol. The first-order chi connectivity index (χ1) is 5.68. The number of carboxylic acid groups (broad SMARTS) is 1. The molecule has 0 saturated heterocycles. The van der Waals surface area contributed by atoms with Gasteiger partial charge in [0, 0.05) is 12.1 Å². The van der Waals surface area contributed by atoms with E-state index < -0.39 is 5.97 Å². The lowest BCUT2D eigenvalue weighted by molar-refractivity contribution is -0.137. The topological polar surface area (TPSA) is 62.5 Å². The number of furan rings is 1. The lowest BCUT2D eigenvalue weighted by Gasteiger charge is -2.09. The van der Waals surface area contributed by atoms with Crippen LogP contribution in [0.1, 0.15) is 13.3 Å². The Morgan fingerprint density at radius 1 is 1.83 bits per heavy atom. The molecule has 1 unspecified atom stereocenters. The van der Waals surface area contributed by atoms with Gasteiger partial charge in [-0.2, -0.15) is 0 Å². The number of nitrogens with one attached hydrogen (secondary N) is 1. The Morgan fingerprint density at radius 3 is 3.08 bits per heavy atom. The highest BCUT2D eigenvalue weighted by Crippen LogP contribution is 2.09. The maximum absolute atomic E-state index is 10.3. The van der Waals surface area contributed by atoms with Crippen LogP contribution in [-0.4, -0.2) is 17.1 Å². The van der Waals surface area contributed by atoms with Crippen LogP contribution in [0.2, 0.25) is 0 Å². The molecule has 1 heterocycles. The second-order valence-electron chi connectivity index (χ2n) is 2.62. The molecule has 0 amide bonds. The quantitative estimate of drug-likeness (QED) is 0.717. The van der Waals surface area contributed by atoms with E-state index in [1.54, 1.807) is 19.1 Å². The van der Waals surface area contributed by atoms with Gasteiger partial charge in [-0.05, 0) is 13.0 Å². The van der Waals surface area contributed by atoms with E-state index in [0.717, 1.165) is 0 Å². The Hall–Kier alpha value is -1.45. The van der Waals surface area contributed by atoms with Crippen LogP contribution in [0.4, 0.5) is 5.88 Å². The van der Waals surface area contributed by atoms with Crippen molar-refractivity contribution >= 4 is 11.9 Å². The summed E-state index contributed by atoms with van der Waals surface area (Å²) >= 11 is 0. The van der Waals surface area contributed by atoms with Gasteiger partial charge in [-0.3, -0.25) is 4.79 Å². The van der Waals surface area contributed by atoms with Crippen molar-refractivity contribution in [3.63, 3.8) is 0 Å². The second kappa shape index (κ2) is 3.80. The normalized spacial score (nSPS) is 12.4. The van der Waals surface area contributed by atoms with Gasteiger partial charge in [-0.1, -0.05) is 0 Å². The molecule has 1 atom stereocenters. The summed E-state index contributed by atoms with van der Waals surface area (Å²) < 4.78 is 4.98. The Labute approximate surface area is 70.2 Å². The molecule has 0 aliphatic carbocycles. The highest BCUT2D eigenvalue weighted by atomic mass is 16.4. The Bertz CT molecular complexity index is 243. The summed E-state index contributed by atoms with van der Waals surface area (Å²) in [6, 6.07) is 3.38. The van der Waals surface area contributed by atoms with E-state index >= 15 is 0 Å². The van der Waals surface area contributed by atoms with Crippen LogP contribution < -0.4 is 5.32 Å². The van der Waals surface area contributed by atoms with E-state index in [9.17, 15) is 4.79 Å². The summed E-state index contributed by atoms with van der Waals surface area (Å²) in [5.41, 5.74) is 0. The summed E-state index contributed by atoms with van der Waals surface area (Å²) in [5, 5.41) is 11.3. The van der Waals surface area contributed by atoms with Crippen LogP contribution in [-0.2, 0) is 4.79 Å². The van der Waals surface area contributed by atoms with E-state index in [2.05, 4.69) is 5.32 Å². The standard InChI is InChI=1S/C8H11NO3/c1-6(5-8(10)11)9-7-3-2-4-12-7/h2-4,6,9H,5H2,1H3,(H,10,11). The third-order valence-corrected chi connectivity index (χ3v) is 1.39. The van der Waals surface area contributed by atoms with Crippen LogP contribution >= 0.6 is 0 Å². The molecule has 0 saturated carbocycles. The highest BCUT2D eigenvalue weighted by Gasteiger charge is 2.07. The average molecular weight is 169 g/mol. The van der Waals surface area contributed by atoms with E-state index in [4.69, 9.17) is 9.52 Å². The summed E-state index contributed by atoms with van der Waals surface area (Å²) in [5.74, 6) is -0.217. The Kier molecular flexibility index (Phi) is 2.74. The zero-order chi connectivity index (χ0) is 8.97. The molecule has 0 fully saturated rings. The third-order valence-electron chi connectivity index (χ3n) is 1.39. The largest absolute Gasteiger partial charge is 0.481 e. The zero-order valence-corrected chi connectivity index (χ0v) is 6.78. The molecule has 4 heteroatoms. The minimum Gasteiger partial charge on any atom is -0.481 e. The first kappa shape index (κ1) is 8.64. The molecule has 0 bridgehead atoms. The molecule has 66 valence electrons. The Morgan fingerprint density at radius 2 is 2.58 bits per heavy atom. The van der Waals surface area contributed by atoms with Gasteiger partial charge in [-0.15, -0.1) is 0 Å². The van der Waals surface area contributed by atoms with Crippen LogP contribution in [0.3, 0.4) is 0 Å². The molecule has 4 nitrogen and oxygen atoms in total. The van der Waals surface area contributed by atoms with Gasteiger partial charge in [0.2, 0.25) is 0 Å². The maximum atomic E-state index is 10.3. The van der Waals surface area contributed by atoms with Crippen LogP contribution in [0.5, 0.6) is 0 Å². The van der Waals surface area contributed by atoms with Crippen molar-refractivity contribution in [1.29, 1.82) is 0 Å². The summed E-state index contributed by atoms with van der Waals surface area (Å²) in [4.78, 5) is 10.3. The van der Waals surface area contributed by atoms with Crippen LogP contribution in [0, 0.1) is 0 Å². The molecule has 0 radical (unpaired) electrons. The van der Waals surface area contributed by atoms with Crippen molar-refractivity contribution in [2.45, 2.75) is 19.4 Å². The number of hydrogen-bond donors (Lipinski definition) is 2. The molecule has 0 aromatic carbocycles. The molecular weight excluding hydrogens is 158 g/mol. The fourth-order valence-electron chi connectivity index (χ4n) is 0.916. The van der Waals surface area contributed by atoms with Gasteiger partial charge in [0.15, 0.2) is 5.88 Å². The molecular formula is C8H11NO3. The van der Waals surface area contributed by atoms with Gasteiger partial charge in [0.25, 0.3) is 0 Å². The first-order valence-electron chi connectivity index (χ1n) is 3.70. The summed E-state index contributed by atoms with van der Waals surface area (Å²) in [6.45, 7) is 1.79. The summed E-state index contributed by atoms with van der Waals surface area (Å²) in [6.07, 6.45) is 1.62. The van der Waals surface area contributed by atoms with Crippen LogP contribution in [0.15, 0.2) is 22.8 Å². The average Bonchev–Trinajstić information content (AvgIpc) is 2.37. The minimum absolute atomic E-state index is 0.0840. The zero-order valence-electron chi connectivity index (χ0n) is 6.78. The van der Waals surface area contributed by atoms with Gasteiger partial charge in [0.1, 0.15) is 0 Å². The molecule has 1 aromatic heterocycles. The van der Waals surface area contributed by atoms with Gasteiger partial charge in [-0.25, -0.2) is 0 Å². The highest BCUT2D eigenvalue weighted by molar-refractivity contribution is 5.68. The number of anilines is 1. The van der Waals surface area contributed by atoms with E-state index in [0.29, 0.717) is 5.88 Å². The van der Waals surface area contributed by atoms with Crippen molar-refractivity contribution in [2.75, 3.05) is 5.32 Å². The SMILES string of the molecule is CC(CC(=O)O)Nc1ccco1. The molecule has 0 spiro atoms. The summed E-state index contributed by atoms with van der Waals surface area (Å²) in [7, 11) is 0. The minimum atomic E-state index is -0.818. The fourth-order valence-corrected chi connectivity index (χ4v) is 0.916. The first-order valence-corrected chi connectivity index (χ1v) is 3.70. The van der Waals surface area contributed by atoms with Crippen molar-refractivity contribution in [3.8, 4) is 0 Å². The molecule has 1 rings (SSSR count). The smallest absolute Gasteiger partial charge is 0.305 e. The van der Waals surface area contributed by atoms with Gasteiger partial charge in [0.05, 0.1) is 12.7 Å². The lowest BCUT2D eigenvalue weighted by atomic mass is 10.2. The lowest BCUT2D eigenvalue weighted by Crippen LogP contribution is -2.18. The fraction of sp³-hybridized carbons (Fsp3) is 0.375. The molecule has 2 N–H and O–H groups in total. The van der Waals surface area contributed by atoms with Crippen molar-refractivity contribution < 1.29 is 14.3 Å². The van der Waals surface area contributed by atoms with E-state index in [1.807, 2.05) is 0 Å². The molecule has 1 aromatic rings. The van der Waals surface area contributed by atoms with E-state index in [1.165, 1.54) is 6.26 Å². The Balaban J connectivity index is 2.36. The second-order valence-corrected chi connectivity index (χ2v) is 2.62. The molecule has 0 aliphatic rings. The van der Waals surface area contributed by atoms with Crippen molar-refractivity contribution in [2.24, 2.45) is 0 Å². The molecule has 0 aliphatic heterocycles. The maximum Gasteiger partial charge on any atom is 0.305 e. The van der Waals surface area contributed by atoms with Crippen LogP contribution in [0.25, 0.3) is 0 Å².